The molecule has 0 fully saturated rings. The molecule has 3 nitrogen and oxygen atoms in total. The van der Waals surface area contributed by atoms with Crippen LogP contribution in [0.1, 0.15) is 22.3 Å². The average molecular weight is 288 g/mol. The van der Waals surface area contributed by atoms with E-state index in [-0.39, 0.29) is 5.56 Å². The van der Waals surface area contributed by atoms with Crippen molar-refractivity contribution in [1.82, 2.24) is 0 Å². The Morgan fingerprint density at radius 1 is 1.14 bits per heavy atom. The number of hydrogen-bond donors (Lipinski definition) is 2. The highest BCUT2D eigenvalue weighted by molar-refractivity contribution is 6.05. The van der Waals surface area contributed by atoms with E-state index in [1.54, 1.807) is 0 Å². The summed E-state index contributed by atoms with van der Waals surface area (Å²) in [5.41, 5.74) is 2.84. The Labute approximate surface area is 121 Å². The van der Waals surface area contributed by atoms with Crippen molar-refractivity contribution in [2.75, 3.05) is 17.2 Å². The monoisotopic (exact) mass is 288 g/mol. The van der Waals surface area contributed by atoms with E-state index in [0.717, 1.165) is 42.8 Å². The van der Waals surface area contributed by atoms with E-state index in [9.17, 15) is 13.6 Å². The maximum Gasteiger partial charge on any atom is 0.255 e. The zero-order chi connectivity index (χ0) is 14.8. The van der Waals surface area contributed by atoms with Gasteiger partial charge in [0.25, 0.3) is 5.91 Å². The third-order valence-corrected chi connectivity index (χ3v) is 3.53. The molecule has 1 amide bonds. The Morgan fingerprint density at radius 2 is 2.00 bits per heavy atom. The lowest BCUT2D eigenvalue weighted by molar-refractivity contribution is 0.102. The van der Waals surface area contributed by atoms with Gasteiger partial charge in [0.05, 0.1) is 0 Å². The van der Waals surface area contributed by atoms with Gasteiger partial charge in [0.1, 0.15) is 0 Å². The molecule has 0 atom stereocenters. The van der Waals surface area contributed by atoms with Crippen molar-refractivity contribution >= 4 is 17.3 Å². The minimum absolute atomic E-state index is 0.0928. The van der Waals surface area contributed by atoms with Gasteiger partial charge in [-0.3, -0.25) is 4.79 Å². The SMILES string of the molecule is O=C(Nc1cccc2c1CCCN2)c1ccc(F)c(F)c1. The summed E-state index contributed by atoms with van der Waals surface area (Å²) in [5, 5.41) is 6.04. The lowest BCUT2D eigenvalue weighted by atomic mass is 10.0. The van der Waals surface area contributed by atoms with Gasteiger partial charge in [0, 0.05) is 23.5 Å². The van der Waals surface area contributed by atoms with Gasteiger partial charge in [-0.15, -0.1) is 0 Å². The number of halogens is 2. The zero-order valence-electron chi connectivity index (χ0n) is 11.2. The second-order valence-corrected chi connectivity index (χ2v) is 4.95. The summed E-state index contributed by atoms with van der Waals surface area (Å²) in [4.78, 5) is 12.1. The van der Waals surface area contributed by atoms with Crippen LogP contribution in [0.4, 0.5) is 20.2 Å². The summed E-state index contributed by atoms with van der Waals surface area (Å²) in [7, 11) is 0. The van der Waals surface area contributed by atoms with E-state index in [4.69, 9.17) is 0 Å². The summed E-state index contributed by atoms with van der Waals surface area (Å²) >= 11 is 0. The minimum atomic E-state index is -1.03. The highest BCUT2D eigenvalue weighted by Gasteiger charge is 2.15. The molecule has 0 saturated carbocycles. The van der Waals surface area contributed by atoms with Gasteiger partial charge in [0.2, 0.25) is 0 Å². The van der Waals surface area contributed by atoms with Crippen LogP contribution in [0.15, 0.2) is 36.4 Å². The molecular weight excluding hydrogens is 274 g/mol. The lowest BCUT2D eigenvalue weighted by Gasteiger charge is -2.21. The molecule has 0 radical (unpaired) electrons. The number of hydrogen-bond acceptors (Lipinski definition) is 2. The first-order valence-corrected chi connectivity index (χ1v) is 6.77. The zero-order valence-corrected chi connectivity index (χ0v) is 11.2. The van der Waals surface area contributed by atoms with Crippen molar-refractivity contribution in [3.8, 4) is 0 Å². The Bertz CT molecular complexity index is 701. The number of nitrogens with one attached hydrogen (secondary N) is 2. The fourth-order valence-electron chi connectivity index (χ4n) is 2.46. The van der Waals surface area contributed by atoms with Crippen molar-refractivity contribution in [1.29, 1.82) is 0 Å². The number of carbonyl (C=O) groups excluding carboxylic acids is 1. The highest BCUT2D eigenvalue weighted by Crippen LogP contribution is 2.29. The molecule has 2 N–H and O–H groups in total. The molecule has 1 heterocycles. The Balaban J connectivity index is 1.86. The summed E-state index contributed by atoms with van der Waals surface area (Å²) in [6.07, 6.45) is 1.86. The number of rotatable bonds is 2. The molecule has 0 saturated heterocycles. The molecule has 0 unspecified atom stereocenters. The van der Waals surface area contributed by atoms with Gasteiger partial charge >= 0.3 is 0 Å². The first-order chi connectivity index (χ1) is 10.1. The molecule has 0 aliphatic carbocycles. The molecule has 21 heavy (non-hydrogen) atoms. The average Bonchev–Trinajstić information content (AvgIpc) is 2.50. The topological polar surface area (TPSA) is 41.1 Å². The molecule has 5 heteroatoms. The molecule has 0 bridgehead atoms. The fraction of sp³-hybridized carbons (Fsp3) is 0.188. The standard InChI is InChI=1S/C16H14F2N2O/c17-12-7-6-10(9-13(12)18)16(21)20-15-5-1-4-14-11(15)3-2-8-19-14/h1,4-7,9,19H,2-3,8H2,(H,20,21). The fourth-order valence-corrected chi connectivity index (χ4v) is 2.46. The smallest absolute Gasteiger partial charge is 0.255 e. The van der Waals surface area contributed by atoms with Gasteiger partial charge in [0.15, 0.2) is 11.6 Å². The molecule has 1 aliphatic rings. The first kappa shape index (κ1) is 13.5. The maximum atomic E-state index is 13.2. The third kappa shape index (κ3) is 2.72. The van der Waals surface area contributed by atoms with Gasteiger partial charge in [-0.2, -0.15) is 0 Å². The van der Waals surface area contributed by atoms with Crippen LogP contribution in [0.25, 0.3) is 0 Å². The number of amides is 1. The Morgan fingerprint density at radius 3 is 2.81 bits per heavy atom. The quantitative estimate of drug-likeness (QED) is 0.887. The Hall–Kier alpha value is -2.43. The van der Waals surface area contributed by atoms with E-state index < -0.39 is 17.5 Å². The summed E-state index contributed by atoms with van der Waals surface area (Å²) in [6.45, 7) is 0.910. The van der Waals surface area contributed by atoms with E-state index in [1.165, 1.54) is 6.07 Å². The Kier molecular flexibility index (Phi) is 3.56. The largest absolute Gasteiger partial charge is 0.385 e. The summed E-state index contributed by atoms with van der Waals surface area (Å²) in [6, 6.07) is 8.73. The minimum Gasteiger partial charge on any atom is -0.385 e. The number of anilines is 2. The predicted octanol–water partition coefficient (Wildman–Crippen LogP) is 3.58. The van der Waals surface area contributed by atoms with E-state index >= 15 is 0 Å². The van der Waals surface area contributed by atoms with Crippen molar-refractivity contribution in [2.24, 2.45) is 0 Å². The molecule has 108 valence electrons. The number of fused-ring (bicyclic) bond motifs is 1. The normalized spacial score (nSPS) is 13.2. The second-order valence-electron chi connectivity index (χ2n) is 4.95. The lowest BCUT2D eigenvalue weighted by Crippen LogP contribution is -2.17. The van der Waals surface area contributed by atoms with Crippen molar-refractivity contribution in [3.05, 3.63) is 59.2 Å². The van der Waals surface area contributed by atoms with Crippen LogP contribution in [-0.2, 0) is 6.42 Å². The van der Waals surface area contributed by atoms with Crippen LogP contribution >= 0.6 is 0 Å². The predicted molar refractivity (Wildman–Crippen MR) is 77.6 cm³/mol. The molecule has 2 aromatic rings. The van der Waals surface area contributed by atoms with Crippen LogP contribution in [0, 0.1) is 11.6 Å². The van der Waals surface area contributed by atoms with Crippen LogP contribution in [0.5, 0.6) is 0 Å². The third-order valence-electron chi connectivity index (χ3n) is 3.53. The van der Waals surface area contributed by atoms with Crippen LogP contribution < -0.4 is 10.6 Å². The van der Waals surface area contributed by atoms with Crippen molar-refractivity contribution in [2.45, 2.75) is 12.8 Å². The van der Waals surface area contributed by atoms with Crippen LogP contribution in [0.2, 0.25) is 0 Å². The molecule has 1 aliphatic heterocycles. The van der Waals surface area contributed by atoms with Gasteiger partial charge in [-0.1, -0.05) is 6.07 Å². The second kappa shape index (κ2) is 5.52. The molecular formula is C16H14F2N2O. The molecule has 3 rings (SSSR count). The summed E-state index contributed by atoms with van der Waals surface area (Å²) in [5.74, 6) is -2.44. The highest BCUT2D eigenvalue weighted by atomic mass is 19.2. The maximum absolute atomic E-state index is 13.2. The number of benzene rings is 2. The summed E-state index contributed by atoms with van der Waals surface area (Å²) < 4.78 is 26.1. The van der Waals surface area contributed by atoms with Gasteiger partial charge in [-0.05, 0) is 48.7 Å². The van der Waals surface area contributed by atoms with Crippen LogP contribution in [0.3, 0.4) is 0 Å². The molecule has 0 aromatic heterocycles. The molecule has 2 aromatic carbocycles. The van der Waals surface area contributed by atoms with Gasteiger partial charge in [-0.25, -0.2) is 8.78 Å². The van der Waals surface area contributed by atoms with E-state index in [0.29, 0.717) is 5.69 Å². The first-order valence-electron chi connectivity index (χ1n) is 6.77. The van der Waals surface area contributed by atoms with Crippen molar-refractivity contribution in [3.63, 3.8) is 0 Å². The van der Waals surface area contributed by atoms with E-state index in [1.807, 2.05) is 18.2 Å². The van der Waals surface area contributed by atoms with Crippen LogP contribution in [-0.4, -0.2) is 12.5 Å². The van der Waals surface area contributed by atoms with E-state index in [2.05, 4.69) is 10.6 Å². The molecule has 0 spiro atoms. The number of carbonyl (C=O) groups is 1. The van der Waals surface area contributed by atoms with Gasteiger partial charge < -0.3 is 10.6 Å². The van der Waals surface area contributed by atoms with Crippen molar-refractivity contribution < 1.29 is 13.6 Å².